The molecule has 2 atom stereocenters. The van der Waals surface area contributed by atoms with Crippen LogP contribution in [0.4, 0.5) is 0 Å². The van der Waals surface area contributed by atoms with Crippen molar-refractivity contribution in [2.75, 3.05) is 0 Å². The molecule has 0 spiro atoms. The van der Waals surface area contributed by atoms with Crippen LogP contribution < -0.4 is 0 Å². The van der Waals surface area contributed by atoms with E-state index < -0.39 is 30.1 Å². The first-order valence-corrected chi connectivity index (χ1v) is 15.7. The number of rotatable bonds is 6. The topological polar surface area (TPSA) is 50.3 Å². The van der Waals surface area contributed by atoms with Crippen molar-refractivity contribution in [2.24, 2.45) is 0 Å². The third kappa shape index (κ3) is 7.15. The Hall–Kier alpha value is -0.806. The molecule has 0 amide bonds. The van der Waals surface area contributed by atoms with E-state index in [1.165, 1.54) is 22.8 Å². The summed E-state index contributed by atoms with van der Waals surface area (Å²) in [6.45, 7) is 31.2. The first-order valence-electron chi connectivity index (χ1n) is 13.2. The van der Waals surface area contributed by atoms with E-state index in [0.717, 1.165) is 0 Å². The summed E-state index contributed by atoms with van der Waals surface area (Å²) in [6.07, 6.45) is -0.177. The molecular formula is C30H53N2O2Ti. The summed E-state index contributed by atoms with van der Waals surface area (Å²) < 4.78 is 6.00. The summed E-state index contributed by atoms with van der Waals surface area (Å²) in [7, 11) is 0. The second-order valence-corrected chi connectivity index (χ2v) is 18.3. The molecule has 2 N–H and O–H groups in total. The van der Waals surface area contributed by atoms with Gasteiger partial charge < -0.3 is 0 Å². The second-order valence-electron chi connectivity index (χ2n) is 15.0. The van der Waals surface area contributed by atoms with Gasteiger partial charge in [-0.25, -0.2) is 0 Å². The monoisotopic (exact) mass is 521 g/mol. The van der Waals surface area contributed by atoms with Crippen LogP contribution in [0.3, 0.4) is 0 Å². The fourth-order valence-electron chi connectivity index (χ4n) is 5.08. The molecule has 0 aliphatic rings. The van der Waals surface area contributed by atoms with E-state index in [9.17, 15) is 10.2 Å². The average molecular weight is 522 g/mol. The van der Waals surface area contributed by atoms with Crippen LogP contribution in [0.1, 0.15) is 126 Å². The Labute approximate surface area is 222 Å². The van der Waals surface area contributed by atoms with Gasteiger partial charge in [-0.05, 0) is 0 Å². The molecular weight excluding hydrogens is 468 g/mol. The van der Waals surface area contributed by atoms with Crippen LogP contribution in [0.5, 0.6) is 0 Å². The fourth-order valence-corrected chi connectivity index (χ4v) is 11.5. The zero-order valence-corrected chi connectivity index (χ0v) is 26.7. The van der Waals surface area contributed by atoms with Crippen molar-refractivity contribution in [1.82, 2.24) is 6.10 Å². The summed E-state index contributed by atoms with van der Waals surface area (Å²) in [6, 6.07) is 9.25. The molecule has 0 bridgehead atoms. The van der Waals surface area contributed by atoms with Crippen LogP contribution in [-0.4, -0.2) is 28.0 Å². The van der Waals surface area contributed by atoms with E-state index in [1.54, 1.807) is 6.92 Å². The second kappa shape index (κ2) is 9.82. The van der Waals surface area contributed by atoms with Gasteiger partial charge in [0.2, 0.25) is 0 Å². The molecule has 0 aromatic carbocycles. The first kappa shape index (κ1) is 30.4. The van der Waals surface area contributed by atoms with Gasteiger partial charge in [-0.1, -0.05) is 0 Å². The number of hydrogen-bond acceptors (Lipinski definition) is 2. The SMILES string of the molecule is CC(O)CC(C)(O)[CH2][Ti]([n]1c(C(C)(C)C)ccc1C(C)(C)C)[n]1c(C(C)(C)C)ccc1C(C)(C)C. The van der Waals surface area contributed by atoms with Crippen LogP contribution in [0, 0.1) is 0 Å². The molecule has 2 unspecified atom stereocenters. The molecule has 0 radical (unpaired) electrons. The Kier molecular flexibility index (Phi) is 8.53. The maximum atomic E-state index is 11.7. The van der Waals surface area contributed by atoms with Gasteiger partial charge in [0.1, 0.15) is 0 Å². The third-order valence-corrected chi connectivity index (χ3v) is 11.4. The van der Waals surface area contributed by atoms with Crippen LogP contribution in [0.2, 0.25) is 4.73 Å². The molecule has 2 aromatic heterocycles. The zero-order valence-electron chi connectivity index (χ0n) is 25.1. The summed E-state index contributed by atoms with van der Waals surface area (Å²) in [5.41, 5.74) is 4.23. The standard InChI is InChI=1S/2C12H20N.C6H13O2.Ti/c2*1-11(2,3)9-7-8-10(13-9)12(4,5)6;1-5(7)4-6(2,3)8;/h2*7-8H,1-6H3;5,7-8H,2,4H2,1,3H3;/q2*-1;;+2. The van der Waals surface area contributed by atoms with Crippen molar-refractivity contribution in [1.29, 1.82) is 0 Å². The summed E-state index contributed by atoms with van der Waals surface area (Å²) >= 11 is -2.52. The van der Waals surface area contributed by atoms with Crippen molar-refractivity contribution in [2.45, 2.75) is 141 Å². The molecule has 0 saturated heterocycles. The Morgan fingerprint density at radius 1 is 0.629 bits per heavy atom. The van der Waals surface area contributed by atoms with E-state index in [1.807, 2.05) is 6.92 Å². The molecule has 2 rings (SSSR count). The molecule has 5 heteroatoms. The van der Waals surface area contributed by atoms with Gasteiger partial charge in [0.25, 0.3) is 0 Å². The normalized spacial score (nSPS) is 16.3. The summed E-state index contributed by atoms with van der Waals surface area (Å²) in [5.74, 6) is 0. The van der Waals surface area contributed by atoms with Gasteiger partial charge in [0.05, 0.1) is 0 Å². The number of hydrogen-bond donors (Lipinski definition) is 2. The van der Waals surface area contributed by atoms with Crippen molar-refractivity contribution in [3.05, 3.63) is 47.0 Å². The number of aliphatic hydroxyl groups excluding tert-OH is 1. The van der Waals surface area contributed by atoms with Gasteiger partial charge in [-0.15, -0.1) is 0 Å². The van der Waals surface area contributed by atoms with E-state index in [2.05, 4.69) is 113 Å². The van der Waals surface area contributed by atoms with Gasteiger partial charge in [-0.2, -0.15) is 0 Å². The molecule has 0 aliphatic carbocycles. The van der Waals surface area contributed by atoms with E-state index >= 15 is 0 Å². The molecule has 0 saturated carbocycles. The Morgan fingerprint density at radius 2 is 0.886 bits per heavy atom. The van der Waals surface area contributed by atoms with Crippen molar-refractivity contribution in [3.63, 3.8) is 0 Å². The van der Waals surface area contributed by atoms with E-state index in [0.29, 0.717) is 11.1 Å². The summed E-state index contributed by atoms with van der Waals surface area (Å²) in [4.78, 5) is 0. The zero-order chi connectivity index (χ0) is 27.4. The molecule has 2 heterocycles. The van der Waals surface area contributed by atoms with E-state index in [-0.39, 0.29) is 21.7 Å². The predicted octanol–water partition coefficient (Wildman–Crippen LogP) is 7.26. The van der Waals surface area contributed by atoms with Crippen LogP contribution in [0.15, 0.2) is 24.3 Å². The first-order chi connectivity index (χ1) is 15.5. The van der Waals surface area contributed by atoms with E-state index in [4.69, 9.17) is 0 Å². The summed E-state index contributed by atoms with van der Waals surface area (Å²) in [5, 5.41) is 21.9. The van der Waals surface area contributed by atoms with Gasteiger partial charge >= 0.3 is 223 Å². The van der Waals surface area contributed by atoms with Crippen molar-refractivity contribution >= 4 is 0 Å². The number of nitrogens with zero attached hydrogens (tertiary/aromatic N) is 2. The van der Waals surface area contributed by atoms with Gasteiger partial charge in [-0.3, -0.25) is 0 Å². The van der Waals surface area contributed by atoms with Crippen LogP contribution in [-0.2, 0) is 40.0 Å². The van der Waals surface area contributed by atoms with Crippen molar-refractivity contribution in [3.8, 4) is 0 Å². The maximum absolute atomic E-state index is 11.7. The molecule has 0 aliphatic heterocycles. The third-order valence-electron chi connectivity index (χ3n) is 6.63. The molecule has 0 fully saturated rings. The van der Waals surface area contributed by atoms with Crippen LogP contribution in [0.25, 0.3) is 0 Å². The quantitative estimate of drug-likeness (QED) is 0.393. The molecule has 35 heavy (non-hydrogen) atoms. The van der Waals surface area contributed by atoms with Crippen LogP contribution >= 0.6 is 0 Å². The Balaban J connectivity index is 3.04. The minimum absolute atomic E-state index is 0.0329. The Morgan fingerprint density at radius 3 is 1.09 bits per heavy atom. The predicted molar refractivity (Wildman–Crippen MR) is 146 cm³/mol. The fraction of sp³-hybridized carbons (Fsp3) is 0.733. The molecule has 4 nitrogen and oxygen atoms in total. The Bertz CT molecular complexity index is 866. The minimum atomic E-state index is -2.52. The van der Waals surface area contributed by atoms with Gasteiger partial charge in [0.15, 0.2) is 0 Å². The van der Waals surface area contributed by atoms with Crippen molar-refractivity contribution < 1.29 is 28.6 Å². The number of aliphatic hydroxyl groups is 2. The molecule has 199 valence electrons. The molecule has 2 aromatic rings. The average Bonchev–Trinajstić information content (AvgIpc) is 3.21. The van der Waals surface area contributed by atoms with Gasteiger partial charge in [0, 0.05) is 0 Å². The number of aromatic nitrogens is 2.